The summed E-state index contributed by atoms with van der Waals surface area (Å²) >= 11 is 0. The molecule has 0 amide bonds. The van der Waals surface area contributed by atoms with E-state index in [4.69, 9.17) is 14.2 Å². The molecule has 32 heavy (non-hydrogen) atoms. The van der Waals surface area contributed by atoms with Gasteiger partial charge in [0.1, 0.15) is 12.7 Å². The van der Waals surface area contributed by atoms with E-state index in [1.807, 2.05) is 6.08 Å². The topological polar surface area (TPSA) is 82.2 Å². The molecule has 2 aliphatic rings. The SMILES string of the molecule is CC(=O)OCC1=CC(=O)[C@@]2(C/C=C(\C)CC/C=C(\C)CCC=C(C)C)O[C@H]2[C@@H]1OC(C)=O. The minimum absolute atomic E-state index is 0.0941. The summed E-state index contributed by atoms with van der Waals surface area (Å²) in [4.78, 5) is 35.5. The third kappa shape index (κ3) is 7.30. The summed E-state index contributed by atoms with van der Waals surface area (Å²) in [5, 5.41) is 0. The number of hydrogen-bond donors (Lipinski definition) is 0. The van der Waals surface area contributed by atoms with Crippen molar-refractivity contribution in [3.63, 3.8) is 0 Å². The van der Waals surface area contributed by atoms with Crippen LogP contribution in [0.5, 0.6) is 0 Å². The number of hydrogen-bond acceptors (Lipinski definition) is 6. The van der Waals surface area contributed by atoms with E-state index in [2.05, 4.69) is 39.8 Å². The van der Waals surface area contributed by atoms with Crippen molar-refractivity contribution in [2.24, 2.45) is 0 Å². The molecule has 6 nitrogen and oxygen atoms in total. The van der Waals surface area contributed by atoms with Gasteiger partial charge in [-0.1, -0.05) is 34.9 Å². The Labute approximate surface area is 191 Å². The summed E-state index contributed by atoms with van der Waals surface area (Å²) in [6.07, 6.45) is 11.1. The highest BCUT2D eigenvalue weighted by Crippen LogP contribution is 2.49. The second-order valence-corrected chi connectivity index (χ2v) is 8.99. The summed E-state index contributed by atoms with van der Waals surface area (Å²) in [7, 11) is 0. The fourth-order valence-electron chi connectivity index (χ4n) is 3.82. The second-order valence-electron chi connectivity index (χ2n) is 8.99. The molecule has 0 aromatic carbocycles. The first kappa shape index (κ1) is 25.8. The van der Waals surface area contributed by atoms with Gasteiger partial charge in [-0.05, 0) is 59.5 Å². The second kappa shape index (κ2) is 11.4. The maximum Gasteiger partial charge on any atom is 0.303 e. The maximum absolute atomic E-state index is 12.8. The van der Waals surface area contributed by atoms with Gasteiger partial charge in [-0.3, -0.25) is 14.4 Å². The third-order valence-electron chi connectivity index (χ3n) is 5.73. The summed E-state index contributed by atoms with van der Waals surface area (Å²) < 4.78 is 16.2. The summed E-state index contributed by atoms with van der Waals surface area (Å²) in [5.41, 5.74) is 3.38. The van der Waals surface area contributed by atoms with Crippen LogP contribution < -0.4 is 0 Å². The fourth-order valence-corrected chi connectivity index (χ4v) is 3.82. The smallest absolute Gasteiger partial charge is 0.303 e. The van der Waals surface area contributed by atoms with Crippen LogP contribution in [0.25, 0.3) is 0 Å². The molecule has 176 valence electrons. The lowest BCUT2D eigenvalue weighted by atomic mass is 9.83. The minimum Gasteiger partial charge on any atom is -0.461 e. The van der Waals surface area contributed by atoms with Crippen LogP contribution in [-0.2, 0) is 28.6 Å². The van der Waals surface area contributed by atoms with Gasteiger partial charge in [-0.15, -0.1) is 0 Å². The van der Waals surface area contributed by atoms with E-state index in [1.165, 1.54) is 36.6 Å². The number of allylic oxidation sites excluding steroid dienone is 5. The number of ketones is 1. The Balaban J connectivity index is 1.96. The molecule has 1 aliphatic carbocycles. The van der Waals surface area contributed by atoms with Gasteiger partial charge in [0.25, 0.3) is 0 Å². The zero-order chi connectivity index (χ0) is 23.9. The zero-order valence-corrected chi connectivity index (χ0v) is 20.2. The molecule has 2 rings (SSSR count). The van der Waals surface area contributed by atoms with Gasteiger partial charge in [0.2, 0.25) is 0 Å². The van der Waals surface area contributed by atoms with Crippen LogP contribution in [-0.4, -0.2) is 42.1 Å². The Kier molecular flexibility index (Phi) is 9.20. The van der Waals surface area contributed by atoms with Crippen molar-refractivity contribution in [2.75, 3.05) is 6.61 Å². The molecular formula is C26H36O6. The van der Waals surface area contributed by atoms with Gasteiger partial charge in [0, 0.05) is 25.8 Å². The van der Waals surface area contributed by atoms with Crippen molar-refractivity contribution in [3.05, 3.63) is 46.6 Å². The Morgan fingerprint density at radius 1 is 0.969 bits per heavy atom. The highest BCUT2D eigenvalue weighted by atomic mass is 16.7. The summed E-state index contributed by atoms with van der Waals surface area (Å²) in [6.45, 7) is 10.9. The Morgan fingerprint density at radius 3 is 2.19 bits per heavy atom. The van der Waals surface area contributed by atoms with Gasteiger partial charge in [-0.2, -0.15) is 0 Å². The lowest BCUT2D eigenvalue weighted by Crippen LogP contribution is -2.40. The van der Waals surface area contributed by atoms with E-state index < -0.39 is 29.7 Å². The molecule has 0 aromatic rings. The Hall–Kier alpha value is -2.47. The number of carbonyl (C=O) groups is 3. The molecule has 0 aromatic heterocycles. The van der Waals surface area contributed by atoms with Crippen molar-refractivity contribution < 1.29 is 28.6 Å². The van der Waals surface area contributed by atoms with Crippen molar-refractivity contribution in [1.82, 2.24) is 0 Å². The van der Waals surface area contributed by atoms with E-state index in [9.17, 15) is 14.4 Å². The van der Waals surface area contributed by atoms with Gasteiger partial charge in [0.15, 0.2) is 17.5 Å². The number of carbonyl (C=O) groups excluding carboxylic acids is 3. The Morgan fingerprint density at radius 2 is 1.59 bits per heavy atom. The average molecular weight is 445 g/mol. The number of rotatable bonds is 11. The van der Waals surface area contributed by atoms with Crippen molar-refractivity contribution >= 4 is 17.7 Å². The third-order valence-corrected chi connectivity index (χ3v) is 5.73. The van der Waals surface area contributed by atoms with Gasteiger partial charge < -0.3 is 14.2 Å². The quantitative estimate of drug-likeness (QED) is 0.255. The van der Waals surface area contributed by atoms with Gasteiger partial charge >= 0.3 is 11.9 Å². The standard InChI is InChI=1S/C26H36O6/c1-17(2)9-7-10-18(3)11-8-12-19(4)13-14-26-23(29)15-22(16-30-20(5)27)24(25(26)32-26)31-21(6)28/h9,11,13,15,24-25H,7-8,10,12,14,16H2,1-6H3/b18-11+,19-13+/t24-,25+,26-/m1/s1. The first-order valence-corrected chi connectivity index (χ1v) is 11.2. The monoisotopic (exact) mass is 444 g/mol. The number of fused-ring (bicyclic) bond motifs is 1. The largest absolute Gasteiger partial charge is 0.461 e. The summed E-state index contributed by atoms with van der Waals surface area (Å²) in [5.74, 6) is -1.11. The van der Waals surface area contributed by atoms with Crippen LogP contribution in [0.4, 0.5) is 0 Å². The molecule has 0 spiro atoms. The normalized spacial score (nSPS) is 24.9. The first-order chi connectivity index (χ1) is 15.0. The fraction of sp³-hybridized carbons (Fsp3) is 0.577. The maximum atomic E-state index is 12.8. The van der Waals surface area contributed by atoms with Crippen LogP contribution in [0.15, 0.2) is 46.6 Å². The molecule has 1 saturated heterocycles. The lowest BCUT2D eigenvalue weighted by molar-refractivity contribution is -0.146. The predicted molar refractivity (Wildman–Crippen MR) is 123 cm³/mol. The molecule has 1 fully saturated rings. The van der Waals surface area contributed by atoms with Crippen LogP contribution in [0.1, 0.15) is 73.6 Å². The van der Waals surface area contributed by atoms with Crippen LogP contribution in [0, 0.1) is 0 Å². The summed E-state index contributed by atoms with van der Waals surface area (Å²) in [6, 6.07) is 0. The molecule has 0 radical (unpaired) electrons. The molecule has 0 N–H and O–H groups in total. The highest BCUT2D eigenvalue weighted by Gasteiger charge is 2.67. The minimum atomic E-state index is -0.989. The van der Waals surface area contributed by atoms with Crippen LogP contribution in [0.3, 0.4) is 0 Å². The van der Waals surface area contributed by atoms with E-state index >= 15 is 0 Å². The molecule has 0 bridgehead atoms. The number of ether oxygens (including phenoxy) is 3. The molecule has 3 atom stereocenters. The number of epoxide rings is 1. The van der Waals surface area contributed by atoms with Crippen LogP contribution >= 0.6 is 0 Å². The van der Waals surface area contributed by atoms with Crippen LogP contribution in [0.2, 0.25) is 0 Å². The molecule has 0 unspecified atom stereocenters. The van der Waals surface area contributed by atoms with Crippen molar-refractivity contribution in [3.8, 4) is 0 Å². The predicted octanol–water partition coefficient (Wildman–Crippen LogP) is 4.94. The van der Waals surface area contributed by atoms with Gasteiger partial charge in [0.05, 0.1) is 0 Å². The molecule has 1 aliphatic heterocycles. The van der Waals surface area contributed by atoms with Crippen molar-refractivity contribution in [1.29, 1.82) is 0 Å². The molecular weight excluding hydrogens is 408 g/mol. The van der Waals surface area contributed by atoms with E-state index in [-0.39, 0.29) is 12.4 Å². The van der Waals surface area contributed by atoms with Crippen molar-refractivity contribution in [2.45, 2.75) is 91.5 Å². The Bertz CT molecular complexity index is 856. The average Bonchev–Trinajstić information content (AvgIpc) is 3.43. The molecule has 6 heteroatoms. The lowest BCUT2D eigenvalue weighted by Gasteiger charge is -2.24. The van der Waals surface area contributed by atoms with Gasteiger partial charge in [-0.25, -0.2) is 0 Å². The first-order valence-electron chi connectivity index (χ1n) is 11.2. The van der Waals surface area contributed by atoms with E-state index in [1.54, 1.807) is 0 Å². The highest BCUT2D eigenvalue weighted by molar-refractivity contribution is 6.02. The molecule has 1 heterocycles. The molecule has 0 saturated carbocycles. The van der Waals surface area contributed by atoms with E-state index in [0.717, 1.165) is 25.7 Å². The number of esters is 2. The zero-order valence-electron chi connectivity index (χ0n) is 20.2. The van der Waals surface area contributed by atoms with E-state index in [0.29, 0.717) is 12.0 Å².